The molecule has 1 fully saturated rings. The van der Waals surface area contributed by atoms with Crippen LogP contribution in [0.1, 0.15) is 41.3 Å². The van der Waals surface area contributed by atoms with Crippen molar-refractivity contribution in [3.63, 3.8) is 0 Å². The summed E-state index contributed by atoms with van der Waals surface area (Å²) in [6.45, 7) is 6.37. The SMILES string of the molecule is Cc1ccc(C(=O)N2CCCC(C)C2C(=O)O)cc1C. The van der Waals surface area contributed by atoms with Gasteiger partial charge in [-0.1, -0.05) is 13.0 Å². The Morgan fingerprint density at radius 3 is 2.55 bits per heavy atom. The van der Waals surface area contributed by atoms with Crippen molar-refractivity contribution in [1.82, 2.24) is 4.90 Å². The summed E-state index contributed by atoms with van der Waals surface area (Å²) in [5, 5.41) is 9.38. The number of carbonyl (C=O) groups excluding carboxylic acids is 1. The van der Waals surface area contributed by atoms with Crippen molar-refractivity contribution in [2.45, 2.75) is 39.7 Å². The molecule has 2 atom stereocenters. The third kappa shape index (κ3) is 2.69. The third-order valence-electron chi connectivity index (χ3n) is 4.20. The van der Waals surface area contributed by atoms with Gasteiger partial charge < -0.3 is 10.0 Å². The van der Waals surface area contributed by atoms with Crippen LogP contribution in [0.3, 0.4) is 0 Å². The van der Waals surface area contributed by atoms with Crippen LogP contribution in [-0.2, 0) is 4.79 Å². The van der Waals surface area contributed by atoms with Crippen LogP contribution in [0, 0.1) is 19.8 Å². The molecule has 1 aliphatic heterocycles. The highest BCUT2D eigenvalue weighted by atomic mass is 16.4. The van der Waals surface area contributed by atoms with Crippen LogP contribution in [0.15, 0.2) is 18.2 Å². The number of carbonyl (C=O) groups is 2. The summed E-state index contributed by atoms with van der Waals surface area (Å²) in [7, 11) is 0. The lowest BCUT2D eigenvalue weighted by Crippen LogP contribution is -2.51. The molecule has 2 rings (SSSR count). The largest absolute Gasteiger partial charge is 0.480 e. The van der Waals surface area contributed by atoms with Gasteiger partial charge in [0.15, 0.2) is 0 Å². The Labute approximate surface area is 119 Å². The van der Waals surface area contributed by atoms with E-state index in [4.69, 9.17) is 0 Å². The molecular weight excluding hydrogens is 254 g/mol. The first kappa shape index (κ1) is 14.6. The van der Waals surface area contributed by atoms with Crippen molar-refractivity contribution in [2.75, 3.05) is 6.54 Å². The molecule has 2 unspecified atom stereocenters. The molecule has 1 aliphatic rings. The van der Waals surface area contributed by atoms with Crippen molar-refractivity contribution in [2.24, 2.45) is 5.92 Å². The minimum Gasteiger partial charge on any atom is -0.480 e. The summed E-state index contributed by atoms with van der Waals surface area (Å²) in [4.78, 5) is 25.5. The number of piperidine rings is 1. The first-order valence-corrected chi connectivity index (χ1v) is 7.03. The fraction of sp³-hybridized carbons (Fsp3) is 0.500. The number of benzene rings is 1. The fourth-order valence-electron chi connectivity index (χ4n) is 2.83. The van der Waals surface area contributed by atoms with Crippen LogP contribution < -0.4 is 0 Å². The first-order chi connectivity index (χ1) is 9.41. The number of nitrogens with zero attached hydrogens (tertiary/aromatic N) is 1. The van der Waals surface area contributed by atoms with Crippen LogP contribution in [0.2, 0.25) is 0 Å². The molecule has 1 heterocycles. The second-order valence-electron chi connectivity index (χ2n) is 5.70. The molecule has 20 heavy (non-hydrogen) atoms. The highest BCUT2D eigenvalue weighted by Crippen LogP contribution is 2.25. The van der Waals surface area contributed by atoms with Crippen LogP contribution in [0.25, 0.3) is 0 Å². The van der Waals surface area contributed by atoms with Crippen LogP contribution in [0.5, 0.6) is 0 Å². The van der Waals surface area contributed by atoms with Gasteiger partial charge in [0.25, 0.3) is 5.91 Å². The zero-order valence-corrected chi connectivity index (χ0v) is 12.2. The van der Waals surface area contributed by atoms with E-state index in [0.29, 0.717) is 12.1 Å². The summed E-state index contributed by atoms with van der Waals surface area (Å²) in [6, 6.07) is 4.82. The maximum absolute atomic E-state index is 12.6. The molecule has 4 nitrogen and oxygen atoms in total. The fourth-order valence-corrected chi connectivity index (χ4v) is 2.83. The number of aliphatic carboxylic acids is 1. The number of carboxylic acid groups (broad SMARTS) is 1. The maximum Gasteiger partial charge on any atom is 0.326 e. The molecule has 0 spiro atoms. The summed E-state index contributed by atoms with van der Waals surface area (Å²) in [5.41, 5.74) is 2.75. The van der Waals surface area contributed by atoms with Gasteiger partial charge in [0, 0.05) is 12.1 Å². The Bertz CT molecular complexity index is 539. The average molecular weight is 275 g/mol. The minimum absolute atomic E-state index is 0.00301. The van der Waals surface area contributed by atoms with Crippen LogP contribution in [-0.4, -0.2) is 34.5 Å². The average Bonchev–Trinajstić information content (AvgIpc) is 2.40. The Kier molecular flexibility index (Phi) is 4.12. The summed E-state index contributed by atoms with van der Waals surface area (Å²) in [5.74, 6) is -1.09. The Hall–Kier alpha value is -1.84. The van der Waals surface area contributed by atoms with Crippen molar-refractivity contribution in [3.05, 3.63) is 34.9 Å². The van der Waals surface area contributed by atoms with Gasteiger partial charge >= 0.3 is 5.97 Å². The van der Waals surface area contributed by atoms with Gasteiger partial charge in [-0.25, -0.2) is 4.79 Å². The van der Waals surface area contributed by atoms with Gasteiger partial charge in [-0.3, -0.25) is 4.79 Å². The molecule has 0 aliphatic carbocycles. The van der Waals surface area contributed by atoms with Crippen LogP contribution >= 0.6 is 0 Å². The molecule has 1 amide bonds. The smallest absolute Gasteiger partial charge is 0.326 e. The van der Waals surface area contributed by atoms with E-state index < -0.39 is 12.0 Å². The first-order valence-electron chi connectivity index (χ1n) is 7.03. The standard InChI is InChI=1S/C16H21NO3/c1-10-6-7-13(9-12(10)3)15(18)17-8-4-5-11(2)14(17)16(19)20/h6-7,9,11,14H,4-5,8H2,1-3H3,(H,19,20). The number of hydrogen-bond donors (Lipinski definition) is 1. The van der Waals surface area contributed by atoms with Gasteiger partial charge in [-0.05, 0) is 55.9 Å². The van der Waals surface area contributed by atoms with Crippen molar-refractivity contribution >= 4 is 11.9 Å². The number of hydrogen-bond acceptors (Lipinski definition) is 2. The van der Waals surface area contributed by atoms with E-state index in [0.717, 1.165) is 24.0 Å². The second-order valence-corrected chi connectivity index (χ2v) is 5.70. The summed E-state index contributed by atoms with van der Waals surface area (Å²) < 4.78 is 0. The van der Waals surface area contributed by atoms with E-state index in [-0.39, 0.29) is 11.8 Å². The molecule has 1 N–H and O–H groups in total. The lowest BCUT2D eigenvalue weighted by molar-refractivity contribution is -0.145. The second kappa shape index (κ2) is 5.65. The van der Waals surface area contributed by atoms with Gasteiger partial charge in [0.05, 0.1) is 0 Å². The van der Waals surface area contributed by atoms with E-state index in [1.165, 1.54) is 4.90 Å². The van der Waals surface area contributed by atoms with E-state index >= 15 is 0 Å². The van der Waals surface area contributed by atoms with Gasteiger partial charge in [-0.15, -0.1) is 0 Å². The van der Waals surface area contributed by atoms with Gasteiger partial charge in [-0.2, -0.15) is 0 Å². The van der Waals surface area contributed by atoms with E-state index in [2.05, 4.69) is 0 Å². The highest BCUT2D eigenvalue weighted by Gasteiger charge is 2.37. The van der Waals surface area contributed by atoms with Crippen molar-refractivity contribution in [1.29, 1.82) is 0 Å². The van der Waals surface area contributed by atoms with E-state index in [1.54, 1.807) is 6.07 Å². The predicted molar refractivity (Wildman–Crippen MR) is 76.8 cm³/mol. The molecule has 0 radical (unpaired) electrons. The molecule has 1 aromatic rings. The number of aryl methyl sites for hydroxylation is 2. The molecule has 0 bridgehead atoms. The lowest BCUT2D eigenvalue weighted by Gasteiger charge is -2.37. The Balaban J connectivity index is 2.30. The molecule has 4 heteroatoms. The van der Waals surface area contributed by atoms with Crippen LogP contribution in [0.4, 0.5) is 0 Å². The number of amides is 1. The molecule has 0 aromatic heterocycles. The normalized spacial score (nSPS) is 22.6. The minimum atomic E-state index is -0.908. The molecule has 108 valence electrons. The summed E-state index contributed by atoms with van der Waals surface area (Å²) in [6.07, 6.45) is 1.72. The lowest BCUT2D eigenvalue weighted by atomic mass is 9.90. The number of likely N-dealkylation sites (tertiary alicyclic amines) is 1. The molecule has 1 saturated heterocycles. The quantitative estimate of drug-likeness (QED) is 0.902. The topological polar surface area (TPSA) is 57.6 Å². The zero-order chi connectivity index (χ0) is 14.9. The van der Waals surface area contributed by atoms with Crippen molar-refractivity contribution in [3.8, 4) is 0 Å². The molecule has 0 saturated carbocycles. The Morgan fingerprint density at radius 1 is 1.25 bits per heavy atom. The van der Waals surface area contributed by atoms with Crippen molar-refractivity contribution < 1.29 is 14.7 Å². The Morgan fingerprint density at radius 2 is 1.95 bits per heavy atom. The molecular formula is C16H21NO3. The maximum atomic E-state index is 12.6. The number of carboxylic acids is 1. The van der Waals surface area contributed by atoms with Gasteiger partial charge in [0.1, 0.15) is 6.04 Å². The molecule has 1 aromatic carbocycles. The number of rotatable bonds is 2. The third-order valence-corrected chi connectivity index (χ3v) is 4.20. The van der Waals surface area contributed by atoms with E-state index in [9.17, 15) is 14.7 Å². The monoisotopic (exact) mass is 275 g/mol. The van der Waals surface area contributed by atoms with E-state index in [1.807, 2.05) is 32.9 Å². The predicted octanol–water partition coefficient (Wildman–Crippen LogP) is 2.63. The highest BCUT2D eigenvalue weighted by molar-refractivity contribution is 5.97. The zero-order valence-electron chi connectivity index (χ0n) is 12.2. The summed E-state index contributed by atoms with van der Waals surface area (Å²) >= 11 is 0. The van der Waals surface area contributed by atoms with Gasteiger partial charge in [0.2, 0.25) is 0 Å².